The lowest BCUT2D eigenvalue weighted by atomic mass is 9.91. The summed E-state index contributed by atoms with van der Waals surface area (Å²) in [7, 11) is 2.17. The molecule has 3 fully saturated rings. The molecule has 0 amide bonds. The molecular formula is C30H36N6. The van der Waals surface area contributed by atoms with Crippen molar-refractivity contribution in [1.82, 2.24) is 29.3 Å². The van der Waals surface area contributed by atoms with E-state index < -0.39 is 0 Å². The van der Waals surface area contributed by atoms with Crippen molar-refractivity contribution in [2.45, 2.75) is 51.6 Å². The van der Waals surface area contributed by atoms with E-state index in [0.717, 1.165) is 67.1 Å². The summed E-state index contributed by atoms with van der Waals surface area (Å²) < 4.78 is 4.70. The van der Waals surface area contributed by atoms with Crippen LogP contribution in [0.25, 0.3) is 39.3 Å². The van der Waals surface area contributed by atoms with Crippen molar-refractivity contribution in [3.63, 3.8) is 0 Å². The molecule has 1 saturated carbocycles. The van der Waals surface area contributed by atoms with E-state index in [0.29, 0.717) is 6.04 Å². The number of piperidine rings is 1. The predicted octanol–water partition coefficient (Wildman–Crippen LogP) is 5.22. The molecule has 0 radical (unpaired) electrons. The Labute approximate surface area is 213 Å². The molecule has 6 heteroatoms. The number of likely N-dealkylation sites (tertiary alicyclic amines) is 1. The minimum atomic E-state index is 0.605. The summed E-state index contributed by atoms with van der Waals surface area (Å²) in [5, 5.41) is 4.89. The van der Waals surface area contributed by atoms with Crippen LogP contribution >= 0.6 is 0 Å². The molecule has 1 N–H and O–H groups in total. The molecule has 3 aliphatic rings. The fourth-order valence-corrected chi connectivity index (χ4v) is 6.59. The summed E-state index contributed by atoms with van der Waals surface area (Å²) in [6.07, 6.45) is 8.07. The predicted molar refractivity (Wildman–Crippen MR) is 147 cm³/mol. The molecule has 3 aromatic heterocycles. The van der Waals surface area contributed by atoms with Crippen LogP contribution in [0.4, 0.5) is 0 Å². The van der Waals surface area contributed by atoms with E-state index in [4.69, 9.17) is 9.97 Å². The molecule has 2 atom stereocenters. The summed E-state index contributed by atoms with van der Waals surface area (Å²) in [4.78, 5) is 12.5. The molecule has 0 spiro atoms. The highest BCUT2D eigenvalue weighted by molar-refractivity contribution is 5.89. The maximum Gasteiger partial charge on any atom is 0.157 e. The zero-order valence-corrected chi connectivity index (χ0v) is 21.5. The molecular weight excluding hydrogens is 444 g/mol. The zero-order valence-electron chi connectivity index (χ0n) is 21.5. The van der Waals surface area contributed by atoms with Crippen LogP contribution in [-0.2, 0) is 20.0 Å². The number of aryl methyl sites for hydroxylation is 2. The second-order valence-corrected chi connectivity index (χ2v) is 11.1. The Hall–Kier alpha value is -3.12. The normalized spacial score (nSPS) is 22.0. The molecule has 1 aliphatic carbocycles. The molecule has 4 aromatic rings. The van der Waals surface area contributed by atoms with Crippen LogP contribution in [-0.4, -0.2) is 49.7 Å². The number of hydrogen-bond donors (Lipinski definition) is 1. The van der Waals surface area contributed by atoms with Crippen molar-refractivity contribution in [3.05, 3.63) is 54.2 Å². The third-order valence-corrected chi connectivity index (χ3v) is 8.84. The van der Waals surface area contributed by atoms with Gasteiger partial charge < -0.3 is 19.4 Å². The highest BCUT2D eigenvalue weighted by Crippen LogP contribution is 2.37. The van der Waals surface area contributed by atoms with Gasteiger partial charge in [0, 0.05) is 50.0 Å². The lowest BCUT2D eigenvalue weighted by Crippen LogP contribution is -2.45. The maximum absolute atomic E-state index is 5.26. The molecule has 2 unspecified atom stereocenters. The Morgan fingerprint density at radius 2 is 2.06 bits per heavy atom. The van der Waals surface area contributed by atoms with Crippen LogP contribution in [0.2, 0.25) is 0 Å². The first-order valence-electron chi connectivity index (χ1n) is 13.7. The Kier molecular flexibility index (Phi) is 5.21. The van der Waals surface area contributed by atoms with Crippen LogP contribution in [0.5, 0.6) is 0 Å². The van der Waals surface area contributed by atoms with Gasteiger partial charge >= 0.3 is 0 Å². The molecule has 1 aromatic carbocycles. The summed E-state index contributed by atoms with van der Waals surface area (Å²) in [5.41, 5.74) is 8.22. The van der Waals surface area contributed by atoms with Gasteiger partial charge in [-0.25, -0.2) is 9.97 Å². The Bertz CT molecular complexity index is 1470. The third kappa shape index (κ3) is 3.57. The zero-order chi connectivity index (χ0) is 24.4. The molecule has 5 heterocycles. The largest absolute Gasteiger partial charge is 0.370 e. The molecule has 36 heavy (non-hydrogen) atoms. The van der Waals surface area contributed by atoms with Crippen LogP contribution in [0.15, 0.2) is 43.1 Å². The van der Waals surface area contributed by atoms with Crippen molar-refractivity contribution >= 4 is 27.8 Å². The van der Waals surface area contributed by atoms with Crippen molar-refractivity contribution in [1.29, 1.82) is 0 Å². The Balaban J connectivity index is 1.30. The SMILES string of the molecule is C=C(c1cc(CC)c2c(c1)nc(-c1cc3cccnc3n1CC1CC1)n2C)N1CCC2CCNC2C1. The monoisotopic (exact) mass is 480 g/mol. The fraction of sp³-hybridized carbons (Fsp3) is 0.467. The first-order valence-corrected chi connectivity index (χ1v) is 13.7. The molecule has 6 nitrogen and oxygen atoms in total. The lowest BCUT2D eigenvalue weighted by Gasteiger charge is -2.37. The van der Waals surface area contributed by atoms with Crippen LogP contribution in [0.1, 0.15) is 43.7 Å². The van der Waals surface area contributed by atoms with Gasteiger partial charge in [0.15, 0.2) is 5.82 Å². The van der Waals surface area contributed by atoms with Crippen LogP contribution in [0, 0.1) is 11.8 Å². The smallest absolute Gasteiger partial charge is 0.157 e. The van der Waals surface area contributed by atoms with E-state index in [9.17, 15) is 0 Å². The number of nitrogens with zero attached hydrogens (tertiary/aromatic N) is 5. The average Bonchev–Trinajstić information content (AvgIpc) is 3.32. The van der Waals surface area contributed by atoms with Crippen molar-refractivity contribution in [3.8, 4) is 11.5 Å². The molecule has 7 rings (SSSR count). The summed E-state index contributed by atoms with van der Waals surface area (Å²) in [6, 6.07) is 11.7. The standard InChI is InChI=1S/C30H36N6/c1-4-21-14-24(19(2)35-13-10-22-9-12-31-26(22)18-35)15-25-28(21)34(3)30(33-25)27-16-23-6-5-11-32-29(23)36(27)17-20-7-8-20/h5-6,11,14-16,20,22,26,31H,2,4,7-10,12-13,17-18H2,1,3H3. The summed E-state index contributed by atoms with van der Waals surface area (Å²) in [5.74, 6) is 2.62. The number of rotatable bonds is 6. The summed E-state index contributed by atoms with van der Waals surface area (Å²) in [6.45, 7) is 11.2. The Morgan fingerprint density at radius 1 is 1.17 bits per heavy atom. The third-order valence-electron chi connectivity index (χ3n) is 8.84. The van der Waals surface area contributed by atoms with Crippen LogP contribution in [0.3, 0.4) is 0 Å². The number of fused-ring (bicyclic) bond motifs is 3. The average molecular weight is 481 g/mol. The second kappa shape index (κ2) is 8.48. The van der Waals surface area contributed by atoms with E-state index in [-0.39, 0.29) is 0 Å². The molecule has 186 valence electrons. The lowest BCUT2D eigenvalue weighted by molar-refractivity contribution is 0.231. The van der Waals surface area contributed by atoms with Gasteiger partial charge in [0.05, 0.1) is 16.7 Å². The maximum atomic E-state index is 5.26. The quantitative estimate of drug-likeness (QED) is 0.411. The first-order chi connectivity index (χ1) is 17.6. The number of aromatic nitrogens is 4. The van der Waals surface area contributed by atoms with E-state index in [2.05, 4.69) is 64.2 Å². The highest BCUT2D eigenvalue weighted by Gasteiger charge is 2.33. The van der Waals surface area contributed by atoms with Gasteiger partial charge in [0.1, 0.15) is 5.65 Å². The minimum absolute atomic E-state index is 0.605. The summed E-state index contributed by atoms with van der Waals surface area (Å²) >= 11 is 0. The van der Waals surface area contributed by atoms with Crippen molar-refractivity contribution < 1.29 is 0 Å². The highest BCUT2D eigenvalue weighted by atomic mass is 15.2. The van der Waals surface area contributed by atoms with E-state index in [1.54, 1.807) is 0 Å². The van der Waals surface area contributed by atoms with E-state index in [1.807, 2.05) is 12.3 Å². The van der Waals surface area contributed by atoms with Crippen molar-refractivity contribution in [2.75, 3.05) is 19.6 Å². The fourth-order valence-electron chi connectivity index (χ4n) is 6.59. The number of nitrogens with one attached hydrogen (secondary N) is 1. The number of imidazole rings is 1. The first kappa shape index (κ1) is 22.1. The van der Waals surface area contributed by atoms with Gasteiger partial charge in [-0.2, -0.15) is 0 Å². The van der Waals surface area contributed by atoms with Crippen LogP contribution < -0.4 is 5.32 Å². The van der Waals surface area contributed by atoms with Gasteiger partial charge in [-0.3, -0.25) is 0 Å². The second-order valence-electron chi connectivity index (χ2n) is 11.1. The molecule has 2 aliphatic heterocycles. The number of hydrogen-bond acceptors (Lipinski definition) is 4. The van der Waals surface area contributed by atoms with Crippen molar-refractivity contribution in [2.24, 2.45) is 18.9 Å². The van der Waals surface area contributed by atoms with E-state index >= 15 is 0 Å². The molecule has 2 saturated heterocycles. The van der Waals surface area contributed by atoms with Gasteiger partial charge in [0.2, 0.25) is 0 Å². The van der Waals surface area contributed by atoms with Gasteiger partial charge in [-0.1, -0.05) is 13.5 Å². The van der Waals surface area contributed by atoms with Gasteiger partial charge in [0.25, 0.3) is 0 Å². The van der Waals surface area contributed by atoms with Gasteiger partial charge in [-0.05, 0) is 91.9 Å². The minimum Gasteiger partial charge on any atom is -0.370 e. The number of benzene rings is 1. The Morgan fingerprint density at radius 3 is 2.89 bits per heavy atom. The topological polar surface area (TPSA) is 50.9 Å². The molecule has 0 bridgehead atoms. The van der Waals surface area contributed by atoms with Gasteiger partial charge in [-0.15, -0.1) is 0 Å². The van der Waals surface area contributed by atoms with E-state index in [1.165, 1.54) is 53.4 Å². The number of pyridine rings is 1.